The number of amides is 2. The molecule has 3 aliphatic rings. The van der Waals surface area contributed by atoms with Crippen molar-refractivity contribution in [2.24, 2.45) is 5.92 Å². The summed E-state index contributed by atoms with van der Waals surface area (Å²) in [6.45, 7) is 2.08. The van der Waals surface area contributed by atoms with Gasteiger partial charge in [-0.2, -0.15) is 0 Å². The first-order valence-electron chi connectivity index (χ1n) is 15.6. The van der Waals surface area contributed by atoms with E-state index >= 15 is 9.18 Å². The van der Waals surface area contributed by atoms with Gasteiger partial charge in [0.25, 0.3) is 10.0 Å². The summed E-state index contributed by atoms with van der Waals surface area (Å²) in [6, 6.07) is 38.8. The second kappa shape index (κ2) is 10.5. The number of carbonyl (C=O) groups is 2. The second-order valence-electron chi connectivity index (χ2n) is 12.7. The van der Waals surface area contributed by atoms with Gasteiger partial charge in [0.1, 0.15) is 5.82 Å². The Hall–Kier alpha value is -5.08. The predicted octanol–water partition coefficient (Wildman–Crippen LogP) is 6.85. The molecule has 2 fully saturated rings. The summed E-state index contributed by atoms with van der Waals surface area (Å²) in [5, 5.41) is 0. The molecule has 2 heterocycles. The summed E-state index contributed by atoms with van der Waals surface area (Å²) >= 11 is 0. The number of aryl methyl sites for hydroxylation is 1. The lowest BCUT2D eigenvalue weighted by Gasteiger charge is -2.56. The maximum atomic E-state index is 15.4. The number of sulfonamides is 1. The maximum absolute atomic E-state index is 15.4. The molecular weight excluding hydrogens is 612 g/mol. The van der Waals surface area contributed by atoms with Gasteiger partial charge in [-0.05, 0) is 65.9 Å². The molecule has 0 bridgehead atoms. The van der Waals surface area contributed by atoms with Crippen molar-refractivity contribution in [3.05, 3.63) is 167 Å². The maximum Gasteiger partial charge on any atom is 0.267 e. The SMILES string of the molecule is Cc1ccc(S(=O)(=O)N2C(=O)[C@@H]3[C@@]4(C(=O)N(Cc5ccccc5)c5ccc(F)cc54)[C@@H](c4ccccc4)C[C@@]32c2ccccc2)cc1. The van der Waals surface area contributed by atoms with Crippen LogP contribution in [0.3, 0.4) is 0 Å². The van der Waals surface area contributed by atoms with Crippen LogP contribution in [-0.4, -0.2) is 24.5 Å². The van der Waals surface area contributed by atoms with E-state index < -0.39 is 44.5 Å². The van der Waals surface area contributed by atoms with Crippen LogP contribution in [0.15, 0.2) is 138 Å². The van der Waals surface area contributed by atoms with Crippen molar-refractivity contribution in [2.45, 2.75) is 41.7 Å². The van der Waals surface area contributed by atoms with Gasteiger partial charge in [0.05, 0.1) is 28.3 Å². The van der Waals surface area contributed by atoms with Crippen molar-refractivity contribution in [3.63, 3.8) is 0 Å². The quantitative estimate of drug-likeness (QED) is 0.190. The smallest absolute Gasteiger partial charge is 0.267 e. The van der Waals surface area contributed by atoms with Gasteiger partial charge < -0.3 is 4.90 Å². The monoisotopic (exact) mass is 642 g/mol. The van der Waals surface area contributed by atoms with E-state index in [1.165, 1.54) is 24.3 Å². The van der Waals surface area contributed by atoms with E-state index in [4.69, 9.17) is 0 Å². The van der Waals surface area contributed by atoms with Crippen LogP contribution in [0, 0.1) is 18.7 Å². The molecule has 6 nitrogen and oxygen atoms in total. The molecule has 1 spiro atoms. The van der Waals surface area contributed by atoms with Crippen LogP contribution < -0.4 is 4.90 Å². The lowest BCUT2D eigenvalue weighted by molar-refractivity contribution is -0.162. The van der Waals surface area contributed by atoms with Crippen LogP contribution in [0.25, 0.3) is 0 Å². The minimum atomic E-state index is -4.36. The van der Waals surface area contributed by atoms with Gasteiger partial charge in [-0.25, -0.2) is 17.1 Å². The van der Waals surface area contributed by atoms with Gasteiger partial charge in [0.15, 0.2) is 0 Å². The number of fused-ring (bicyclic) bond motifs is 4. The van der Waals surface area contributed by atoms with Gasteiger partial charge in [-0.15, -0.1) is 0 Å². The molecule has 2 aliphatic heterocycles. The molecule has 8 heteroatoms. The van der Waals surface area contributed by atoms with E-state index in [0.717, 1.165) is 21.0 Å². The fraction of sp³-hybridized carbons (Fsp3) is 0.179. The topological polar surface area (TPSA) is 74.8 Å². The fourth-order valence-corrected chi connectivity index (χ4v) is 10.2. The third kappa shape index (κ3) is 3.97. The van der Waals surface area contributed by atoms with Crippen molar-refractivity contribution in [1.82, 2.24) is 4.31 Å². The number of β-lactam (4-membered cyclic amide) rings is 1. The summed E-state index contributed by atoms with van der Waals surface area (Å²) in [5.41, 5.74) is 1.11. The zero-order valence-corrected chi connectivity index (χ0v) is 26.4. The van der Waals surface area contributed by atoms with Crippen LogP contribution in [0.2, 0.25) is 0 Å². The van der Waals surface area contributed by atoms with E-state index in [0.29, 0.717) is 16.8 Å². The van der Waals surface area contributed by atoms with Gasteiger partial charge in [0.2, 0.25) is 11.8 Å². The Labute approximate surface area is 273 Å². The third-order valence-corrected chi connectivity index (χ3v) is 12.2. The molecule has 1 aliphatic carbocycles. The van der Waals surface area contributed by atoms with Crippen molar-refractivity contribution in [2.75, 3.05) is 4.90 Å². The molecule has 0 N–H and O–H groups in total. The molecule has 0 radical (unpaired) electrons. The van der Waals surface area contributed by atoms with Crippen LogP contribution >= 0.6 is 0 Å². The number of nitrogens with zero attached hydrogens (tertiary/aromatic N) is 2. The van der Waals surface area contributed by atoms with E-state index in [2.05, 4.69) is 0 Å². The number of anilines is 1. The summed E-state index contributed by atoms with van der Waals surface area (Å²) in [7, 11) is -4.36. The Kier molecular flexibility index (Phi) is 6.53. The largest absolute Gasteiger partial charge is 0.307 e. The fourth-order valence-electron chi connectivity index (χ4n) is 8.42. The Balaban J connectivity index is 1.41. The molecule has 47 heavy (non-hydrogen) atoms. The lowest BCUT2D eigenvalue weighted by atomic mass is 9.60. The summed E-state index contributed by atoms with van der Waals surface area (Å²) in [4.78, 5) is 31.8. The molecule has 2 amide bonds. The first-order chi connectivity index (χ1) is 22.7. The summed E-state index contributed by atoms with van der Waals surface area (Å²) < 4.78 is 45.5. The van der Waals surface area contributed by atoms with Crippen molar-refractivity contribution in [3.8, 4) is 0 Å². The number of benzene rings is 5. The van der Waals surface area contributed by atoms with E-state index in [-0.39, 0.29) is 23.8 Å². The highest BCUT2D eigenvalue weighted by atomic mass is 32.2. The highest BCUT2D eigenvalue weighted by Gasteiger charge is 2.82. The Morgan fingerprint density at radius 2 is 1.40 bits per heavy atom. The van der Waals surface area contributed by atoms with Crippen LogP contribution in [-0.2, 0) is 37.1 Å². The van der Waals surface area contributed by atoms with Crippen LogP contribution in [0.5, 0.6) is 0 Å². The van der Waals surface area contributed by atoms with Gasteiger partial charge >= 0.3 is 0 Å². The van der Waals surface area contributed by atoms with Crippen molar-refractivity contribution < 1.29 is 22.4 Å². The second-order valence-corrected chi connectivity index (χ2v) is 14.5. The first-order valence-corrected chi connectivity index (χ1v) is 17.1. The Morgan fingerprint density at radius 1 is 0.787 bits per heavy atom. The first kappa shape index (κ1) is 29.3. The standard InChI is InChI=1S/C39H31FN2O4S/c1-26-17-20-31(21-18-26)47(45,46)42-36(43)35-38(42,29-15-9-4-10-16-29)24-33(28-13-7-3-8-14-28)39(35)32-23-30(40)19-22-34(32)41(37(39)44)25-27-11-5-2-6-12-27/h2-23,33,35H,24-25H2,1H3/t33-,35+,38-,39+/m1/s1. The normalized spacial score (nSPS) is 24.7. The van der Waals surface area contributed by atoms with E-state index in [9.17, 15) is 13.2 Å². The van der Waals surface area contributed by atoms with Gasteiger partial charge in [-0.1, -0.05) is 109 Å². The Morgan fingerprint density at radius 3 is 2.06 bits per heavy atom. The summed E-state index contributed by atoms with van der Waals surface area (Å²) in [5.74, 6) is -3.30. The van der Waals surface area contributed by atoms with Gasteiger partial charge in [-0.3, -0.25) is 9.59 Å². The van der Waals surface area contributed by atoms with E-state index in [1.807, 2.05) is 97.9 Å². The highest BCUT2D eigenvalue weighted by Crippen LogP contribution is 2.73. The molecule has 1 saturated carbocycles. The van der Waals surface area contributed by atoms with E-state index in [1.54, 1.807) is 23.1 Å². The minimum Gasteiger partial charge on any atom is -0.307 e. The molecular formula is C39H31FN2O4S. The molecule has 8 rings (SSSR count). The molecule has 5 aromatic carbocycles. The molecule has 4 atom stereocenters. The zero-order chi connectivity index (χ0) is 32.6. The Bertz CT molecular complexity index is 2140. The number of rotatable bonds is 6. The summed E-state index contributed by atoms with van der Waals surface area (Å²) in [6.07, 6.45) is 0.142. The van der Waals surface area contributed by atoms with Crippen LogP contribution in [0.4, 0.5) is 10.1 Å². The third-order valence-electron chi connectivity index (χ3n) is 10.3. The molecule has 5 aromatic rings. The predicted molar refractivity (Wildman–Crippen MR) is 176 cm³/mol. The molecule has 1 saturated heterocycles. The number of hydrogen-bond acceptors (Lipinski definition) is 4. The number of halogens is 1. The molecule has 0 aromatic heterocycles. The molecule has 234 valence electrons. The zero-order valence-electron chi connectivity index (χ0n) is 25.6. The van der Waals surface area contributed by atoms with Crippen LogP contribution in [0.1, 0.15) is 40.2 Å². The van der Waals surface area contributed by atoms with Crippen molar-refractivity contribution >= 4 is 27.5 Å². The number of hydrogen-bond donors (Lipinski definition) is 0. The minimum absolute atomic E-state index is 0.00249. The van der Waals surface area contributed by atoms with Gasteiger partial charge in [0, 0.05) is 11.6 Å². The molecule has 0 unspecified atom stereocenters. The highest BCUT2D eigenvalue weighted by molar-refractivity contribution is 7.89. The average Bonchev–Trinajstić information content (AvgIpc) is 3.48. The average molecular weight is 643 g/mol. The van der Waals surface area contributed by atoms with Crippen molar-refractivity contribution in [1.29, 1.82) is 0 Å². The number of carbonyl (C=O) groups excluding carboxylic acids is 2. The lowest BCUT2D eigenvalue weighted by Crippen LogP contribution is -2.72.